The third-order valence-corrected chi connectivity index (χ3v) is 5.62. The van der Waals surface area contributed by atoms with Crippen LogP contribution in [0.3, 0.4) is 0 Å². The average molecular weight is 312 g/mol. The van der Waals surface area contributed by atoms with Crippen molar-refractivity contribution in [2.24, 2.45) is 0 Å². The fourth-order valence-electron chi connectivity index (χ4n) is 1.54. The van der Waals surface area contributed by atoms with Gasteiger partial charge >= 0.3 is 5.97 Å². The number of hydrogen-bond acceptors (Lipinski definition) is 5. The molecule has 20 heavy (non-hydrogen) atoms. The molecule has 0 aliphatic heterocycles. The maximum atomic E-state index is 12.1. The SMILES string of the molecule is Cc1cc(S(=O)(=O)NCc2ccccn2)sc1C(=O)O. The van der Waals surface area contributed by atoms with Gasteiger partial charge in [-0.1, -0.05) is 6.07 Å². The van der Waals surface area contributed by atoms with Crippen molar-refractivity contribution in [3.05, 3.63) is 46.6 Å². The molecule has 106 valence electrons. The van der Waals surface area contributed by atoms with Crippen LogP contribution in [0.2, 0.25) is 0 Å². The van der Waals surface area contributed by atoms with Gasteiger partial charge in [-0.15, -0.1) is 11.3 Å². The molecule has 0 aliphatic rings. The highest BCUT2D eigenvalue weighted by Gasteiger charge is 2.21. The molecular formula is C12H12N2O4S2. The molecule has 2 aromatic heterocycles. The maximum Gasteiger partial charge on any atom is 0.346 e. The second kappa shape index (κ2) is 5.70. The lowest BCUT2D eigenvalue weighted by Gasteiger charge is -2.03. The molecule has 0 saturated heterocycles. The van der Waals surface area contributed by atoms with Crippen molar-refractivity contribution in [1.29, 1.82) is 0 Å². The second-order valence-corrected chi connectivity index (χ2v) is 7.07. The molecule has 0 bridgehead atoms. The van der Waals surface area contributed by atoms with Crippen LogP contribution >= 0.6 is 11.3 Å². The summed E-state index contributed by atoms with van der Waals surface area (Å²) in [5, 5.41) is 8.94. The number of carboxylic acids is 1. The van der Waals surface area contributed by atoms with Crippen LogP contribution < -0.4 is 4.72 Å². The lowest BCUT2D eigenvalue weighted by molar-refractivity contribution is 0.0701. The Balaban J connectivity index is 2.18. The predicted octanol–water partition coefficient (Wildman–Crippen LogP) is 1.63. The number of aromatic nitrogens is 1. The van der Waals surface area contributed by atoms with Gasteiger partial charge in [-0.25, -0.2) is 17.9 Å². The van der Waals surface area contributed by atoms with Gasteiger partial charge in [0.15, 0.2) is 0 Å². The maximum absolute atomic E-state index is 12.1. The highest BCUT2D eigenvalue weighted by molar-refractivity contribution is 7.91. The fraction of sp³-hybridized carbons (Fsp3) is 0.167. The van der Waals surface area contributed by atoms with E-state index in [1.54, 1.807) is 31.3 Å². The number of nitrogens with one attached hydrogen (secondary N) is 1. The van der Waals surface area contributed by atoms with Crippen molar-refractivity contribution in [2.45, 2.75) is 17.7 Å². The normalized spacial score (nSPS) is 11.4. The molecule has 0 fully saturated rings. The van der Waals surface area contributed by atoms with Crippen LogP contribution in [0.15, 0.2) is 34.7 Å². The number of aryl methyl sites for hydroxylation is 1. The van der Waals surface area contributed by atoms with Crippen LogP contribution in [0.1, 0.15) is 20.9 Å². The monoisotopic (exact) mass is 312 g/mol. The number of nitrogens with zero attached hydrogens (tertiary/aromatic N) is 1. The molecule has 2 heterocycles. The molecule has 8 heteroatoms. The summed E-state index contributed by atoms with van der Waals surface area (Å²) in [4.78, 5) is 15.0. The zero-order valence-electron chi connectivity index (χ0n) is 10.5. The average Bonchev–Trinajstić information content (AvgIpc) is 2.81. The van der Waals surface area contributed by atoms with Crippen molar-refractivity contribution in [1.82, 2.24) is 9.71 Å². The Hall–Kier alpha value is -1.77. The Labute approximate surface area is 120 Å². The molecule has 0 saturated carbocycles. The van der Waals surface area contributed by atoms with E-state index >= 15 is 0 Å². The number of carbonyl (C=O) groups is 1. The summed E-state index contributed by atoms with van der Waals surface area (Å²) in [6.07, 6.45) is 1.57. The van der Waals surface area contributed by atoms with Crippen LogP contribution in [0.5, 0.6) is 0 Å². The summed E-state index contributed by atoms with van der Waals surface area (Å²) in [5.74, 6) is -1.13. The van der Waals surface area contributed by atoms with Crippen molar-refractivity contribution >= 4 is 27.3 Å². The summed E-state index contributed by atoms with van der Waals surface area (Å²) in [7, 11) is -3.73. The number of pyridine rings is 1. The van der Waals surface area contributed by atoms with Crippen molar-refractivity contribution < 1.29 is 18.3 Å². The van der Waals surface area contributed by atoms with E-state index in [0.717, 1.165) is 11.3 Å². The summed E-state index contributed by atoms with van der Waals surface area (Å²) in [5.41, 5.74) is 1.02. The number of rotatable bonds is 5. The van der Waals surface area contributed by atoms with Gasteiger partial charge in [-0.05, 0) is 30.7 Å². The van der Waals surface area contributed by atoms with Crippen LogP contribution in [-0.4, -0.2) is 24.5 Å². The van der Waals surface area contributed by atoms with Gasteiger partial charge in [0.2, 0.25) is 10.0 Å². The Morgan fingerprint density at radius 2 is 2.20 bits per heavy atom. The van der Waals surface area contributed by atoms with Gasteiger partial charge in [0.1, 0.15) is 9.09 Å². The highest BCUT2D eigenvalue weighted by Crippen LogP contribution is 2.25. The van der Waals surface area contributed by atoms with Crippen molar-refractivity contribution in [2.75, 3.05) is 0 Å². The van der Waals surface area contributed by atoms with Gasteiger partial charge < -0.3 is 5.11 Å². The molecule has 0 aromatic carbocycles. The van der Waals surface area contributed by atoms with Gasteiger partial charge in [0, 0.05) is 6.20 Å². The lowest BCUT2D eigenvalue weighted by Crippen LogP contribution is -2.22. The second-order valence-electron chi connectivity index (χ2n) is 4.03. The van der Waals surface area contributed by atoms with E-state index in [1.807, 2.05) is 0 Å². The van der Waals surface area contributed by atoms with E-state index in [0.29, 0.717) is 11.3 Å². The third-order valence-electron chi connectivity index (χ3n) is 2.52. The molecule has 2 aromatic rings. The molecule has 0 amide bonds. The third kappa shape index (κ3) is 3.21. The first-order valence-corrected chi connectivity index (χ1v) is 7.93. The van der Waals surface area contributed by atoms with E-state index in [2.05, 4.69) is 9.71 Å². The molecule has 0 atom stereocenters. The summed E-state index contributed by atoms with van der Waals surface area (Å²) in [6, 6.07) is 6.55. The zero-order chi connectivity index (χ0) is 14.8. The first-order chi connectivity index (χ1) is 9.40. The summed E-state index contributed by atoms with van der Waals surface area (Å²) >= 11 is 0.739. The number of hydrogen-bond donors (Lipinski definition) is 2. The zero-order valence-corrected chi connectivity index (χ0v) is 12.2. The molecule has 2 rings (SSSR count). The number of sulfonamides is 1. The smallest absolute Gasteiger partial charge is 0.346 e. The summed E-state index contributed by atoms with van der Waals surface area (Å²) < 4.78 is 26.5. The quantitative estimate of drug-likeness (QED) is 0.874. The minimum Gasteiger partial charge on any atom is -0.477 e. The molecule has 6 nitrogen and oxygen atoms in total. The number of thiophene rings is 1. The Kier molecular flexibility index (Phi) is 4.17. The largest absolute Gasteiger partial charge is 0.477 e. The van der Waals surface area contributed by atoms with Gasteiger partial charge in [-0.3, -0.25) is 4.98 Å². The molecule has 0 radical (unpaired) electrons. The Morgan fingerprint density at radius 1 is 1.45 bits per heavy atom. The van der Waals surface area contributed by atoms with Crippen LogP contribution in [0.4, 0.5) is 0 Å². The van der Waals surface area contributed by atoms with E-state index in [1.165, 1.54) is 6.07 Å². The van der Waals surface area contributed by atoms with E-state index in [9.17, 15) is 13.2 Å². The topological polar surface area (TPSA) is 96.4 Å². The van der Waals surface area contributed by atoms with Gasteiger partial charge in [-0.2, -0.15) is 0 Å². The minimum atomic E-state index is -3.73. The van der Waals surface area contributed by atoms with Crippen molar-refractivity contribution in [3.8, 4) is 0 Å². The highest BCUT2D eigenvalue weighted by atomic mass is 32.2. The van der Waals surface area contributed by atoms with Crippen LogP contribution in [-0.2, 0) is 16.6 Å². The predicted molar refractivity (Wildman–Crippen MR) is 74.3 cm³/mol. The fourth-order valence-corrected chi connectivity index (χ4v) is 3.96. The van der Waals surface area contributed by atoms with E-state index in [4.69, 9.17) is 5.11 Å². The molecule has 0 unspecified atom stereocenters. The van der Waals surface area contributed by atoms with Gasteiger partial charge in [0.05, 0.1) is 12.2 Å². The molecular weight excluding hydrogens is 300 g/mol. The van der Waals surface area contributed by atoms with E-state index < -0.39 is 16.0 Å². The minimum absolute atomic E-state index is 0.0108. The van der Waals surface area contributed by atoms with Crippen molar-refractivity contribution in [3.63, 3.8) is 0 Å². The van der Waals surface area contributed by atoms with Gasteiger partial charge in [0.25, 0.3) is 0 Å². The standard InChI is InChI=1S/C12H12N2O4S2/c1-8-6-10(19-11(8)12(15)16)20(17,18)14-7-9-4-2-3-5-13-9/h2-6,14H,7H2,1H3,(H,15,16). The van der Waals surface area contributed by atoms with Crippen LogP contribution in [0, 0.1) is 6.92 Å². The first-order valence-electron chi connectivity index (χ1n) is 5.63. The molecule has 0 spiro atoms. The number of carboxylic acid groups (broad SMARTS) is 1. The molecule has 2 N–H and O–H groups in total. The summed E-state index contributed by atoms with van der Waals surface area (Å²) in [6.45, 7) is 1.63. The first kappa shape index (κ1) is 14.6. The Bertz CT molecular complexity index is 723. The lowest BCUT2D eigenvalue weighted by atomic mass is 10.3. The van der Waals surface area contributed by atoms with Crippen LogP contribution in [0.25, 0.3) is 0 Å². The van der Waals surface area contributed by atoms with E-state index in [-0.39, 0.29) is 15.6 Å². The Morgan fingerprint density at radius 3 is 2.75 bits per heavy atom. The number of aromatic carboxylic acids is 1. The molecule has 0 aliphatic carbocycles.